The molecule has 0 aliphatic heterocycles. The van der Waals surface area contributed by atoms with Gasteiger partial charge in [0.05, 0.1) is 12.3 Å². The fraction of sp³-hybridized carbons (Fsp3) is 0.214. The maximum Gasteiger partial charge on any atom is 0.267 e. The van der Waals surface area contributed by atoms with Crippen LogP contribution in [0.1, 0.15) is 12.5 Å². The zero-order chi connectivity index (χ0) is 15.5. The fourth-order valence-corrected chi connectivity index (χ4v) is 2.92. The quantitative estimate of drug-likeness (QED) is 0.882. The zero-order valence-electron chi connectivity index (χ0n) is 11.7. The van der Waals surface area contributed by atoms with E-state index in [4.69, 9.17) is 4.74 Å². The number of nitrogens with one attached hydrogen (secondary N) is 2. The van der Waals surface area contributed by atoms with Crippen molar-refractivity contribution in [2.75, 3.05) is 11.3 Å². The minimum Gasteiger partial charge on any atom is -0.492 e. The number of aromatic amines is 1. The number of rotatable bonds is 5. The van der Waals surface area contributed by atoms with E-state index in [0.29, 0.717) is 18.0 Å². The first-order valence-electron chi connectivity index (χ1n) is 6.37. The van der Waals surface area contributed by atoms with E-state index in [-0.39, 0.29) is 4.90 Å². The molecule has 7 heteroatoms. The lowest BCUT2D eigenvalue weighted by atomic mass is 10.2. The van der Waals surface area contributed by atoms with E-state index in [1.165, 1.54) is 6.20 Å². The molecule has 0 atom stereocenters. The first-order valence-corrected chi connectivity index (χ1v) is 7.85. The largest absolute Gasteiger partial charge is 0.492 e. The lowest BCUT2D eigenvalue weighted by molar-refractivity contribution is 0.342. The van der Waals surface area contributed by atoms with Crippen molar-refractivity contribution in [3.63, 3.8) is 0 Å². The lowest BCUT2D eigenvalue weighted by Crippen LogP contribution is -2.21. The summed E-state index contributed by atoms with van der Waals surface area (Å²) in [5.41, 5.74) is 0.663. The maximum absolute atomic E-state index is 12.3. The van der Waals surface area contributed by atoms with Crippen LogP contribution in [0.15, 0.2) is 46.3 Å². The highest BCUT2D eigenvalue weighted by atomic mass is 32.2. The van der Waals surface area contributed by atoms with Gasteiger partial charge in [-0.05, 0) is 31.5 Å². The average molecular weight is 308 g/mol. The Labute approximate surface area is 122 Å². The van der Waals surface area contributed by atoms with Crippen molar-refractivity contribution in [2.45, 2.75) is 18.7 Å². The number of H-pyrrole nitrogens is 1. The highest BCUT2D eigenvalue weighted by molar-refractivity contribution is 7.92. The maximum atomic E-state index is 12.3. The Hall–Kier alpha value is -2.28. The first-order chi connectivity index (χ1) is 9.94. The molecule has 1 aromatic heterocycles. The minimum absolute atomic E-state index is 0.297. The smallest absolute Gasteiger partial charge is 0.267 e. The van der Waals surface area contributed by atoms with Gasteiger partial charge in [-0.3, -0.25) is 9.52 Å². The van der Waals surface area contributed by atoms with Crippen molar-refractivity contribution in [1.29, 1.82) is 0 Å². The highest BCUT2D eigenvalue weighted by Crippen LogP contribution is 2.27. The van der Waals surface area contributed by atoms with Crippen LogP contribution in [0.25, 0.3) is 0 Å². The molecule has 1 heterocycles. The average Bonchev–Trinajstić information content (AvgIpc) is 2.42. The number of benzene rings is 1. The Balaban J connectivity index is 2.42. The summed E-state index contributed by atoms with van der Waals surface area (Å²) in [6, 6.07) is 6.26. The second-order valence-electron chi connectivity index (χ2n) is 4.41. The molecule has 0 saturated carbocycles. The molecular formula is C14H16N2O4S. The van der Waals surface area contributed by atoms with Gasteiger partial charge >= 0.3 is 0 Å². The molecule has 21 heavy (non-hydrogen) atoms. The number of anilines is 1. The predicted octanol–water partition coefficient (Wildman–Crippen LogP) is 1.88. The van der Waals surface area contributed by atoms with Gasteiger partial charge in [-0.15, -0.1) is 0 Å². The first kappa shape index (κ1) is 15.1. The number of aromatic nitrogens is 1. The number of hydrogen-bond donors (Lipinski definition) is 2. The Kier molecular flexibility index (Phi) is 4.32. The monoisotopic (exact) mass is 308 g/mol. The van der Waals surface area contributed by atoms with Gasteiger partial charge in [0.2, 0.25) is 5.43 Å². The third-order valence-corrected chi connectivity index (χ3v) is 4.15. The molecule has 0 aliphatic carbocycles. The molecular weight excluding hydrogens is 292 g/mol. The SMILES string of the molecule is CCOc1cc(C)ccc1NS(=O)(=O)c1c[nH]ccc1=O. The summed E-state index contributed by atoms with van der Waals surface area (Å²) in [4.78, 5) is 13.9. The minimum atomic E-state index is -3.97. The van der Waals surface area contributed by atoms with Crippen molar-refractivity contribution in [1.82, 2.24) is 4.98 Å². The van der Waals surface area contributed by atoms with Gasteiger partial charge in [0.25, 0.3) is 10.0 Å². The van der Waals surface area contributed by atoms with Crippen LogP contribution >= 0.6 is 0 Å². The predicted molar refractivity (Wildman–Crippen MR) is 80.2 cm³/mol. The van der Waals surface area contributed by atoms with Gasteiger partial charge in [0, 0.05) is 18.5 Å². The molecule has 1 aromatic carbocycles. The van der Waals surface area contributed by atoms with Gasteiger partial charge in [-0.1, -0.05) is 6.07 Å². The van der Waals surface area contributed by atoms with E-state index in [0.717, 1.165) is 17.8 Å². The van der Waals surface area contributed by atoms with Crippen LogP contribution in [0.3, 0.4) is 0 Å². The van der Waals surface area contributed by atoms with Crippen molar-refractivity contribution in [3.8, 4) is 5.75 Å². The van der Waals surface area contributed by atoms with E-state index in [9.17, 15) is 13.2 Å². The van der Waals surface area contributed by atoms with E-state index in [2.05, 4.69) is 9.71 Å². The fourth-order valence-electron chi connectivity index (χ4n) is 1.80. The summed E-state index contributed by atoms with van der Waals surface area (Å²) in [5, 5.41) is 0. The topological polar surface area (TPSA) is 88.3 Å². The van der Waals surface area contributed by atoms with E-state index in [1.54, 1.807) is 18.2 Å². The zero-order valence-corrected chi connectivity index (χ0v) is 12.5. The summed E-state index contributed by atoms with van der Waals surface area (Å²) in [6.07, 6.45) is 2.53. The van der Waals surface area contributed by atoms with E-state index in [1.807, 2.05) is 13.8 Å². The summed E-state index contributed by atoms with van der Waals surface area (Å²) in [6.45, 7) is 4.09. The molecule has 0 fully saturated rings. The Bertz CT molecular complexity index is 797. The van der Waals surface area contributed by atoms with Gasteiger partial charge in [0.15, 0.2) is 4.90 Å². The number of pyridine rings is 1. The molecule has 2 aromatic rings. The molecule has 0 spiro atoms. The standard InChI is InChI=1S/C14H16N2O4S/c1-3-20-13-8-10(2)4-5-11(13)16-21(18,19)14-9-15-7-6-12(14)17/h4-9,16H,3H2,1-2H3,(H,15,17). The molecule has 0 aliphatic rings. The van der Waals surface area contributed by atoms with Gasteiger partial charge in [-0.2, -0.15) is 0 Å². The highest BCUT2D eigenvalue weighted by Gasteiger charge is 2.19. The van der Waals surface area contributed by atoms with E-state index < -0.39 is 15.5 Å². The Morgan fingerprint density at radius 3 is 2.71 bits per heavy atom. The summed E-state index contributed by atoms with van der Waals surface area (Å²) < 4.78 is 32.4. The molecule has 112 valence electrons. The van der Waals surface area contributed by atoms with Crippen LogP contribution < -0.4 is 14.9 Å². The van der Waals surface area contributed by atoms with Crippen molar-refractivity contribution < 1.29 is 13.2 Å². The van der Waals surface area contributed by atoms with Crippen LogP contribution in [0.4, 0.5) is 5.69 Å². The van der Waals surface area contributed by atoms with Crippen molar-refractivity contribution in [2.24, 2.45) is 0 Å². The van der Waals surface area contributed by atoms with Crippen LogP contribution in [0.2, 0.25) is 0 Å². The third kappa shape index (κ3) is 3.43. The molecule has 6 nitrogen and oxygen atoms in total. The van der Waals surface area contributed by atoms with Crippen LogP contribution in [-0.2, 0) is 10.0 Å². The van der Waals surface area contributed by atoms with Gasteiger partial charge in [-0.25, -0.2) is 8.42 Å². The number of hydrogen-bond acceptors (Lipinski definition) is 4. The van der Waals surface area contributed by atoms with Crippen LogP contribution in [-0.4, -0.2) is 20.0 Å². The van der Waals surface area contributed by atoms with E-state index >= 15 is 0 Å². The molecule has 2 rings (SSSR count). The second kappa shape index (κ2) is 6.01. The molecule has 0 radical (unpaired) electrons. The number of aryl methyl sites for hydroxylation is 1. The Morgan fingerprint density at radius 2 is 2.05 bits per heavy atom. The molecule has 0 saturated heterocycles. The molecule has 0 amide bonds. The Morgan fingerprint density at radius 1 is 1.29 bits per heavy atom. The lowest BCUT2D eigenvalue weighted by Gasteiger charge is -2.13. The summed E-state index contributed by atoms with van der Waals surface area (Å²) in [7, 11) is -3.97. The second-order valence-corrected chi connectivity index (χ2v) is 6.06. The van der Waals surface area contributed by atoms with Crippen LogP contribution in [0, 0.1) is 6.92 Å². The molecule has 2 N–H and O–H groups in total. The van der Waals surface area contributed by atoms with Crippen LogP contribution in [0.5, 0.6) is 5.75 Å². The molecule has 0 unspecified atom stereocenters. The summed E-state index contributed by atoms with van der Waals surface area (Å²) in [5.74, 6) is 0.424. The van der Waals surface area contributed by atoms with Crippen molar-refractivity contribution in [3.05, 3.63) is 52.4 Å². The third-order valence-electron chi connectivity index (χ3n) is 2.76. The number of sulfonamides is 1. The number of ether oxygens (including phenoxy) is 1. The molecule has 0 bridgehead atoms. The summed E-state index contributed by atoms with van der Waals surface area (Å²) >= 11 is 0. The van der Waals surface area contributed by atoms with Gasteiger partial charge < -0.3 is 9.72 Å². The van der Waals surface area contributed by atoms with Gasteiger partial charge in [0.1, 0.15) is 5.75 Å². The van der Waals surface area contributed by atoms with Crippen molar-refractivity contribution >= 4 is 15.7 Å². The normalized spacial score (nSPS) is 11.1.